The van der Waals surface area contributed by atoms with Crippen LogP contribution in [0.25, 0.3) is 10.6 Å². The lowest BCUT2D eigenvalue weighted by atomic mass is 10.3. The van der Waals surface area contributed by atoms with Gasteiger partial charge in [0.25, 0.3) is 0 Å². The Morgan fingerprint density at radius 2 is 2.38 bits per heavy atom. The topological polar surface area (TPSA) is 12.9 Å². The Kier molecular flexibility index (Phi) is 2.67. The normalized spacial score (nSPS) is 10.6. The van der Waals surface area contributed by atoms with Crippen LogP contribution in [-0.2, 0) is 5.88 Å². The Hall–Kier alpha value is -0.380. The molecule has 0 saturated heterocycles. The van der Waals surface area contributed by atoms with Gasteiger partial charge in [-0.15, -0.1) is 22.9 Å². The second-order valence-corrected chi connectivity index (χ2v) is 4.80. The predicted molar refractivity (Wildman–Crippen MR) is 59.7 cm³/mol. The minimum atomic E-state index is 0.563. The van der Waals surface area contributed by atoms with Gasteiger partial charge in [-0.3, -0.25) is 0 Å². The van der Waals surface area contributed by atoms with E-state index >= 15 is 0 Å². The Bertz CT molecular complexity index is 392. The second-order valence-electron chi connectivity index (χ2n) is 2.67. The van der Waals surface area contributed by atoms with Crippen LogP contribution in [0.15, 0.2) is 16.8 Å². The molecule has 2 aromatic heterocycles. The van der Waals surface area contributed by atoms with Gasteiger partial charge in [-0.1, -0.05) is 0 Å². The minimum Gasteiger partial charge on any atom is -0.241 e. The van der Waals surface area contributed by atoms with Crippen molar-refractivity contribution in [3.8, 4) is 10.6 Å². The Morgan fingerprint density at radius 1 is 1.54 bits per heavy atom. The van der Waals surface area contributed by atoms with E-state index in [2.05, 4.69) is 21.8 Å². The van der Waals surface area contributed by atoms with Crippen molar-refractivity contribution in [2.45, 2.75) is 12.8 Å². The van der Waals surface area contributed by atoms with Crippen LogP contribution in [0.4, 0.5) is 0 Å². The molecule has 0 N–H and O–H groups in total. The van der Waals surface area contributed by atoms with E-state index in [4.69, 9.17) is 11.6 Å². The highest BCUT2D eigenvalue weighted by molar-refractivity contribution is 7.16. The van der Waals surface area contributed by atoms with E-state index in [1.807, 2.05) is 6.92 Å². The average molecular weight is 230 g/mol. The molecule has 2 heterocycles. The highest BCUT2D eigenvalue weighted by atomic mass is 35.5. The number of thiazole rings is 1. The van der Waals surface area contributed by atoms with Gasteiger partial charge in [0.2, 0.25) is 0 Å². The predicted octanol–water partition coefficient (Wildman–Crippen LogP) is 3.92. The number of alkyl halides is 1. The summed E-state index contributed by atoms with van der Waals surface area (Å²) in [6, 6.07) is 2.08. The third-order valence-corrected chi connectivity index (χ3v) is 4.10. The summed E-state index contributed by atoms with van der Waals surface area (Å²) in [6.45, 7) is 2.00. The third kappa shape index (κ3) is 1.77. The van der Waals surface area contributed by atoms with E-state index in [1.54, 1.807) is 22.7 Å². The summed E-state index contributed by atoms with van der Waals surface area (Å²) in [5, 5.41) is 5.25. The molecule has 0 aliphatic heterocycles. The standard InChI is InChI=1S/C9H8ClNS2/c1-6-8(4-10)13-9(11-6)7-2-3-12-5-7/h2-3,5H,4H2,1H3. The zero-order valence-corrected chi connectivity index (χ0v) is 9.47. The fourth-order valence-corrected chi connectivity index (χ4v) is 3.04. The summed E-state index contributed by atoms with van der Waals surface area (Å²) in [6.07, 6.45) is 0. The first-order valence-corrected chi connectivity index (χ1v) is 6.15. The monoisotopic (exact) mass is 229 g/mol. The number of rotatable bonds is 2. The quantitative estimate of drug-likeness (QED) is 0.712. The highest BCUT2D eigenvalue weighted by Crippen LogP contribution is 2.29. The highest BCUT2D eigenvalue weighted by Gasteiger charge is 2.07. The van der Waals surface area contributed by atoms with E-state index in [-0.39, 0.29) is 0 Å². The molecule has 1 nitrogen and oxygen atoms in total. The zero-order chi connectivity index (χ0) is 9.26. The van der Waals surface area contributed by atoms with Crippen LogP contribution in [-0.4, -0.2) is 4.98 Å². The number of nitrogens with zero attached hydrogens (tertiary/aromatic N) is 1. The van der Waals surface area contributed by atoms with Crippen molar-refractivity contribution in [2.75, 3.05) is 0 Å². The maximum Gasteiger partial charge on any atom is 0.124 e. The lowest BCUT2D eigenvalue weighted by molar-refractivity contribution is 1.22. The van der Waals surface area contributed by atoms with Crippen molar-refractivity contribution in [1.29, 1.82) is 0 Å². The van der Waals surface area contributed by atoms with Crippen LogP contribution >= 0.6 is 34.3 Å². The number of aromatic nitrogens is 1. The Morgan fingerprint density at radius 3 is 2.92 bits per heavy atom. The van der Waals surface area contributed by atoms with E-state index < -0.39 is 0 Å². The zero-order valence-electron chi connectivity index (χ0n) is 7.08. The lowest BCUT2D eigenvalue weighted by Crippen LogP contribution is -1.76. The summed E-state index contributed by atoms with van der Waals surface area (Å²) in [4.78, 5) is 5.63. The molecule has 0 spiro atoms. The summed E-state index contributed by atoms with van der Waals surface area (Å²) >= 11 is 9.15. The van der Waals surface area contributed by atoms with Crippen molar-refractivity contribution in [3.05, 3.63) is 27.4 Å². The first kappa shape index (κ1) is 9.19. The third-order valence-electron chi connectivity index (χ3n) is 1.78. The molecule has 0 aromatic carbocycles. The lowest BCUT2D eigenvalue weighted by Gasteiger charge is -1.85. The molecule has 68 valence electrons. The summed E-state index contributed by atoms with van der Waals surface area (Å²) in [7, 11) is 0. The number of halogens is 1. The van der Waals surface area contributed by atoms with Gasteiger partial charge >= 0.3 is 0 Å². The number of thiophene rings is 1. The molecular formula is C9H8ClNS2. The smallest absolute Gasteiger partial charge is 0.124 e. The van der Waals surface area contributed by atoms with Gasteiger partial charge in [0.1, 0.15) is 5.01 Å². The Labute approximate surface area is 90.0 Å². The molecule has 0 amide bonds. The fraction of sp³-hybridized carbons (Fsp3) is 0.222. The summed E-state index contributed by atoms with van der Waals surface area (Å²) in [5.74, 6) is 0.563. The second kappa shape index (κ2) is 3.78. The largest absolute Gasteiger partial charge is 0.241 e. The van der Waals surface area contributed by atoms with Gasteiger partial charge in [-0.25, -0.2) is 4.98 Å². The summed E-state index contributed by atoms with van der Waals surface area (Å²) in [5.41, 5.74) is 2.26. The molecule has 0 aliphatic rings. The average Bonchev–Trinajstić information content (AvgIpc) is 2.71. The van der Waals surface area contributed by atoms with E-state index in [0.29, 0.717) is 5.88 Å². The SMILES string of the molecule is Cc1nc(-c2ccsc2)sc1CCl. The van der Waals surface area contributed by atoms with Crippen LogP contribution in [0.3, 0.4) is 0 Å². The van der Waals surface area contributed by atoms with E-state index in [1.165, 1.54) is 10.4 Å². The van der Waals surface area contributed by atoms with Crippen molar-refractivity contribution in [2.24, 2.45) is 0 Å². The van der Waals surface area contributed by atoms with Crippen LogP contribution in [0, 0.1) is 6.92 Å². The number of hydrogen-bond donors (Lipinski definition) is 0. The van der Waals surface area contributed by atoms with Crippen LogP contribution in [0.5, 0.6) is 0 Å². The van der Waals surface area contributed by atoms with Crippen molar-refractivity contribution in [1.82, 2.24) is 4.98 Å². The first-order valence-electron chi connectivity index (χ1n) is 3.86. The maximum atomic E-state index is 5.78. The van der Waals surface area contributed by atoms with Gasteiger partial charge in [0.05, 0.1) is 11.6 Å². The number of hydrogen-bond acceptors (Lipinski definition) is 3. The maximum absolute atomic E-state index is 5.78. The van der Waals surface area contributed by atoms with Gasteiger partial charge in [0.15, 0.2) is 0 Å². The van der Waals surface area contributed by atoms with Crippen LogP contribution < -0.4 is 0 Å². The van der Waals surface area contributed by atoms with E-state index in [0.717, 1.165) is 10.7 Å². The van der Waals surface area contributed by atoms with Crippen molar-refractivity contribution < 1.29 is 0 Å². The van der Waals surface area contributed by atoms with Gasteiger partial charge in [0, 0.05) is 15.8 Å². The van der Waals surface area contributed by atoms with Crippen LogP contribution in [0.2, 0.25) is 0 Å². The minimum absolute atomic E-state index is 0.563. The molecule has 0 atom stereocenters. The van der Waals surface area contributed by atoms with Crippen molar-refractivity contribution >= 4 is 34.3 Å². The van der Waals surface area contributed by atoms with Crippen LogP contribution in [0.1, 0.15) is 10.6 Å². The summed E-state index contributed by atoms with van der Waals surface area (Å²) < 4.78 is 0. The molecular weight excluding hydrogens is 222 g/mol. The molecule has 0 saturated carbocycles. The van der Waals surface area contributed by atoms with Gasteiger partial charge in [-0.2, -0.15) is 11.3 Å². The van der Waals surface area contributed by atoms with E-state index in [9.17, 15) is 0 Å². The molecule has 0 radical (unpaired) electrons. The fourth-order valence-electron chi connectivity index (χ4n) is 1.06. The number of aryl methyl sites for hydroxylation is 1. The molecule has 2 rings (SSSR count). The van der Waals surface area contributed by atoms with Crippen molar-refractivity contribution in [3.63, 3.8) is 0 Å². The molecule has 13 heavy (non-hydrogen) atoms. The molecule has 0 unspecified atom stereocenters. The molecule has 0 aliphatic carbocycles. The van der Waals surface area contributed by atoms with Gasteiger partial charge in [-0.05, 0) is 18.4 Å². The Balaban J connectivity index is 2.43. The molecule has 4 heteroatoms. The molecule has 0 fully saturated rings. The van der Waals surface area contributed by atoms with Gasteiger partial charge < -0.3 is 0 Å². The molecule has 2 aromatic rings. The first-order chi connectivity index (χ1) is 6.31. The molecule has 0 bridgehead atoms.